The molecular weight excluding hydrogens is 346 g/mol. The van der Waals surface area contributed by atoms with Crippen molar-refractivity contribution in [2.75, 3.05) is 0 Å². The lowest BCUT2D eigenvalue weighted by molar-refractivity contribution is -0.231. The zero-order valence-corrected chi connectivity index (χ0v) is 15.8. The fourth-order valence-electron chi connectivity index (χ4n) is 3.57. The van der Waals surface area contributed by atoms with Crippen LogP contribution in [0.1, 0.15) is 41.5 Å². The van der Waals surface area contributed by atoms with Crippen LogP contribution in [-0.4, -0.2) is 65.3 Å². The molecule has 2 N–H and O–H groups in total. The SMILES string of the molecule is CC(C)[C@H](NC(=O)[C@@H]1O[C@H]2OC(C)(C)O[C@@H]2[C@H]2OC(C)(C)O[C@@H]21)C(=O)O. The number of aliphatic carboxylic acids is 1. The minimum atomic E-state index is -1.11. The second-order valence-electron chi connectivity index (χ2n) is 8.16. The summed E-state index contributed by atoms with van der Waals surface area (Å²) in [6.07, 6.45) is -3.71. The Hall–Kier alpha value is -1.26. The lowest BCUT2D eigenvalue weighted by Gasteiger charge is -2.37. The molecule has 148 valence electrons. The first kappa shape index (κ1) is 19.5. The van der Waals surface area contributed by atoms with Gasteiger partial charge in [0.25, 0.3) is 5.91 Å². The summed E-state index contributed by atoms with van der Waals surface area (Å²) in [7, 11) is 0. The Labute approximate surface area is 152 Å². The molecule has 3 fully saturated rings. The van der Waals surface area contributed by atoms with Gasteiger partial charge in [-0.3, -0.25) is 4.79 Å². The van der Waals surface area contributed by atoms with Gasteiger partial charge in [-0.2, -0.15) is 0 Å². The molecule has 0 unspecified atom stereocenters. The molecule has 3 aliphatic rings. The van der Waals surface area contributed by atoms with Crippen molar-refractivity contribution in [2.45, 2.75) is 89.9 Å². The summed E-state index contributed by atoms with van der Waals surface area (Å²) in [6, 6.07) is -1.03. The van der Waals surface area contributed by atoms with E-state index < -0.39 is 60.2 Å². The molecule has 9 heteroatoms. The second kappa shape index (κ2) is 6.42. The quantitative estimate of drug-likeness (QED) is 0.737. The molecule has 0 aromatic heterocycles. The Balaban J connectivity index is 1.82. The zero-order valence-electron chi connectivity index (χ0n) is 15.8. The molecule has 0 saturated carbocycles. The molecule has 3 aliphatic heterocycles. The van der Waals surface area contributed by atoms with Crippen molar-refractivity contribution in [3.63, 3.8) is 0 Å². The molecule has 3 saturated heterocycles. The second-order valence-corrected chi connectivity index (χ2v) is 8.16. The maximum Gasteiger partial charge on any atom is 0.326 e. The van der Waals surface area contributed by atoms with Crippen molar-refractivity contribution in [3.8, 4) is 0 Å². The highest BCUT2D eigenvalue weighted by Crippen LogP contribution is 2.44. The summed E-state index contributed by atoms with van der Waals surface area (Å²) in [5.41, 5.74) is 0. The number of nitrogens with one attached hydrogen (secondary N) is 1. The van der Waals surface area contributed by atoms with E-state index in [0.29, 0.717) is 0 Å². The topological polar surface area (TPSA) is 113 Å². The van der Waals surface area contributed by atoms with Gasteiger partial charge >= 0.3 is 5.97 Å². The van der Waals surface area contributed by atoms with E-state index in [-0.39, 0.29) is 5.92 Å². The van der Waals surface area contributed by atoms with Crippen LogP contribution >= 0.6 is 0 Å². The van der Waals surface area contributed by atoms with Crippen LogP contribution in [0.5, 0.6) is 0 Å². The maximum absolute atomic E-state index is 12.8. The number of rotatable bonds is 4. The third kappa shape index (κ3) is 3.59. The molecule has 1 amide bonds. The van der Waals surface area contributed by atoms with E-state index in [1.165, 1.54) is 0 Å². The van der Waals surface area contributed by atoms with E-state index in [2.05, 4.69) is 5.32 Å². The van der Waals surface area contributed by atoms with E-state index in [4.69, 9.17) is 23.7 Å². The standard InChI is InChI=1S/C17H27NO8/c1-7(2)8(14(20)21)18-13(19)11-9-10(24-16(3,4)23-9)12-15(22-11)26-17(5,6)25-12/h7-12,15H,1-6H3,(H,18,19)(H,20,21)/t8-,9-,10-,11+,12+,15-/m0/s1. The first-order chi connectivity index (χ1) is 11.9. The normalized spacial score (nSPS) is 38.5. The molecule has 0 aromatic rings. The Kier molecular flexibility index (Phi) is 4.81. The number of hydrogen-bond acceptors (Lipinski definition) is 7. The summed E-state index contributed by atoms with van der Waals surface area (Å²) in [5.74, 6) is -3.78. The number of fused-ring (bicyclic) bond motifs is 3. The van der Waals surface area contributed by atoms with E-state index in [1.54, 1.807) is 41.5 Å². The third-order valence-electron chi connectivity index (χ3n) is 4.64. The molecule has 6 atom stereocenters. The highest BCUT2D eigenvalue weighted by Gasteiger charge is 2.62. The monoisotopic (exact) mass is 373 g/mol. The molecule has 3 heterocycles. The number of carbonyl (C=O) groups excluding carboxylic acids is 1. The summed E-state index contributed by atoms with van der Waals surface area (Å²) in [4.78, 5) is 24.2. The number of carboxylic acid groups (broad SMARTS) is 1. The maximum atomic E-state index is 12.8. The zero-order chi connectivity index (χ0) is 19.4. The number of carbonyl (C=O) groups is 2. The van der Waals surface area contributed by atoms with Crippen LogP contribution in [-0.2, 0) is 33.3 Å². The number of ether oxygens (including phenoxy) is 5. The van der Waals surface area contributed by atoms with Crippen LogP contribution < -0.4 is 5.32 Å². The van der Waals surface area contributed by atoms with Crippen molar-refractivity contribution in [1.29, 1.82) is 0 Å². The Bertz CT molecular complexity index is 589. The number of amides is 1. The summed E-state index contributed by atoms with van der Waals surface area (Å²) in [5, 5.41) is 11.9. The molecule has 0 aromatic carbocycles. The van der Waals surface area contributed by atoms with E-state index in [1.807, 2.05) is 0 Å². The van der Waals surface area contributed by atoms with Gasteiger partial charge in [-0.25, -0.2) is 4.79 Å². The Morgan fingerprint density at radius 1 is 0.923 bits per heavy atom. The van der Waals surface area contributed by atoms with Crippen molar-refractivity contribution in [3.05, 3.63) is 0 Å². The molecule has 0 radical (unpaired) electrons. The minimum Gasteiger partial charge on any atom is -0.480 e. The predicted molar refractivity (Wildman–Crippen MR) is 86.9 cm³/mol. The van der Waals surface area contributed by atoms with Gasteiger partial charge in [-0.1, -0.05) is 13.8 Å². The smallest absolute Gasteiger partial charge is 0.326 e. The number of carboxylic acids is 1. The van der Waals surface area contributed by atoms with Crippen molar-refractivity contribution < 1.29 is 38.4 Å². The van der Waals surface area contributed by atoms with Gasteiger partial charge < -0.3 is 34.1 Å². The first-order valence-corrected chi connectivity index (χ1v) is 8.80. The van der Waals surface area contributed by atoms with Crippen LogP contribution in [0.2, 0.25) is 0 Å². The molecule has 0 bridgehead atoms. The molecule has 9 nitrogen and oxygen atoms in total. The van der Waals surface area contributed by atoms with Crippen LogP contribution in [0.15, 0.2) is 0 Å². The average molecular weight is 373 g/mol. The van der Waals surface area contributed by atoms with E-state index in [9.17, 15) is 14.7 Å². The van der Waals surface area contributed by atoms with Crippen LogP contribution in [0.3, 0.4) is 0 Å². The molecule has 0 spiro atoms. The van der Waals surface area contributed by atoms with Gasteiger partial charge in [0.15, 0.2) is 24.0 Å². The van der Waals surface area contributed by atoms with Gasteiger partial charge in [0.05, 0.1) is 0 Å². The van der Waals surface area contributed by atoms with Gasteiger partial charge in [0.2, 0.25) is 0 Å². The molecule has 0 aliphatic carbocycles. The Morgan fingerprint density at radius 3 is 2.04 bits per heavy atom. The lowest BCUT2D eigenvalue weighted by atomic mass is 9.97. The van der Waals surface area contributed by atoms with Crippen molar-refractivity contribution >= 4 is 11.9 Å². The molecule has 3 rings (SSSR count). The summed E-state index contributed by atoms with van der Waals surface area (Å²) >= 11 is 0. The van der Waals surface area contributed by atoms with Crippen molar-refractivity contribution in [2.24, 2.45) is 5.92 Å². The van der Waals surface area contributed by atoms with E-state index in [0.717, 1.165) is 0 Å². The van der Waals surface area contributed by atoms with Gasteiger partial charge in [-0.05, 0) is 33.6 Å². The van der Waals surface area contributed by atoms with Crippen LogP contribution in [0.4, 0.5) is 0 Å². The fraction of sp³-hybridized carbons (Fsp3) is 0.882. The summed E-state index contributed by atoms with van der Waals surface area (Å²) < 4.78 is 29.2. The van der Waals surface area contributed by atoms with Crippen LogP contribution in [0.25, 0.3) is 0 Å². The van der Waals surface area contributed by atoms with Crippen LogP contribution in [0, 0.1) is 5.92 Å². The molecular formula is C17H27NO8. The van der Waals surface area contributed by atoms with Crippen molar-refractivity contribution in [1.82, 2.24) is 5.32 Å². The number of hydrogen-bond donors (Lipinski definition) is 2. The van der Waals surface area contributed by atoms with Gasteiger partial charge in [0, 0.05) is 0 Å². The minimum absolute atomic E-state index is 0.286. The third-order valence-corrected chi connectivity index (χ3v) is 4.64. The summed E-state index contributed by atoms with van der Waals surface area (Å²) in [6.45, 7) is 10.4. The highest BCUT2D eigenvalue weighted by atomic mass is 16.9. The lowest BCUT2D eigenvalue weighted by Crippen LogP contribution is -2.61. The average Bonchev–Trinajstić information content (AvgIpc) is 2.96. The fourth-order valence-corrected chi connectivity index (χ4v) is 3.57. The first-order valence-electron chi connectivity index (χ1n) is 8.80. The highest BCUT2D eigenvalue weighted by molar-refractivity contribution is 5.87. The largest absolute Gasteiger partial charge is 0.480 e. The van der Waals surface area contributed by atoms with Gasteiger partial charge in [0.1, 0.15) is 24.4 Å². The van der Waals surface area contributed by atoms with Gasteiger partial charge in [-0.15, -0.1) is 0 Å². The predicted octanol–water partition coefficient (Wildman–Crippen LogP) is 0.608. The Morgan fingerprint density at radius 2 is 1.46 bits per heavy atom. The van der Waals surface area contributed by atoms with E-state index >= 15 is 0 Å². The molecule has 26 heavy (non-hydrogen) atoms.